The van der Waals surface area contributed by atoms with Gasteiger partial charge in [-0.1, -0.05) is 0 Å². The Morgan fingerprint density at radius 2 is 2.33 bits per heavy atom. The molecule has 2 aromatic rings. The molecule has 80 valence electrons. The zero-order valence-corrected chi connectivity index (χ0v) is 9.12. The van der Waals surface area contributed by atoms with Crippen LogP contribution in [0.3, 0.4) is 0 Å². The van der Waals surface area contributed by atoms with Crippen LogP contribution in [0.2, 0.25) is 0 Å². The fraction of sp³-hybridized carbons (Fsp3) is 0.364. The lowest BCUT2D eigenvalue weighted by Crippen LogP contribution is -2.08. The fourth-order valence-electron chi connectivity index (χ4n) is 1.78. The zero-order valence-electron chi connectivity index (χ0n) is 9.12. The standard InChI is InChI=1S/C11H16N4/c1-8-14-11(9-4-6-13-7-9)10(3-5-12)15(8)2/h4,6-7,13H,3,5,12H2,1-2H3. The molecule has 2 rings (SSSR count). The number of hydrogen-bond acceptors (Lipinski definition) is 2. The molecule has 0 saturated carbocycles. The van der Waals surface area contributed by atoms with Crippen molar-refractivity contribution in [1.82, 2.24) is 14.5 Å². The monoisotopic (exact) mass is 204 g/mol. The molecular formula is C11H16N4. The van der Waals surface area contributed by atoms with Crippen molar-refractivity contribution in [2.45, 2.75) is 13.3 Å². The number of aromatic amines is 1. The predicted octanol–water partition coefficient (Wildman–Crippen LogP) is 1.22. The largest absolute Gasteiger partial charge is 0.367 e. The highest BCUT2D eigenvalue weighted by molar-refractivity contribution is 5.61. The van der Waals surface area contributed by atoms with E-state index in [4.69, 9.17) is 5.73 Å². The fourth-order valence-corrected chi connectivity index (χ4v) is 1.78. The quantitative estimate of drug-likeness (QED) is 0.789. The Bertz CT molecular complexity index is 439. The highest BCUT2D eigenvalue weighted by Gasteiger charge is 2.13. The van der Waals surface area contributed by atoms with Crippen molar-refractivity contribution < 1.29 is 0 Å². The number of aryl methyl sites for hydroxylation is 1. The van der Waals surface area contributed by atoms with Gasteiger partial charge in [0, 0.05) is 37.1 Å². The van der Waals surface area contributed by atoms with Crippen molar-refractivity contribution in [3.8, 4) is 11.3 Å². The zero-order chi connectivity index (χ0) is 10.8. The number of hydrogen-bond donors (Lipinski definition) is 2. The molecule has 0 aromatic carbocycles. The van der Waals surface area contributed by atoms with Crippen LogP contribution >= 0.6 is 0 Å². The van der Waals surface area contributed by atoms with E-state index >= 15 is 0 Å². The Labute approximate surface area is 89.1 Å². The highest BCUT2D eigenvalue weighted by atomic mass is 15.1. The van der Waals surface area contributed by atoms with Gasteiger partial charge in [0.05, 0.1) is 5.69 Å². The van der Waals surface area contributed by atoms with Crippen LogP contribution in [0.15, 0.2) is 18.5 Å². The summed E-state index contributed by atoms with van der Waals surface area (Å²) >= 11 is 0. The maximum Gasteiger partial charge on any atom is 0.106 e. The van der Waals surface area contributed by atoms with Crippen LogP contribution in [-0.4, -0.2) is 21.1 Å². The van der Waals surface area contributed by atoms with E-state index in [1.165, 1.54) is 5.69 Å². The molecule has 3 N–H and O–H groups in total. The number of nitrogens with two attached hydrogens (primary N) is 1. The normalized spacial score (nSPS) is 10.9. The predicted molar refractivity (Wildman–Crippen MR) is 60.5 cm³/mol. The van der Waals surface area contributed by atoms with Gasteiger partial charge in [0.2, 0.25) is 0 Å². The molecule has 0 spiro atoms. The summed E-state index contributed by atoms with van der Waals surface area (Å²) in [6.45, 7) is 2.66. The van der Waals surface area contributed by atoms with E-state index < -0.39 is 0 Å². The number of nitrogens with zero attached hydrogens (tertiary/aromatic N) is 2. The molecule has 0 fully saturated rings. The van der Waals surface area contributed by atoms with E-state index in [9.17, 15) is 0 Å². The Kier molecular flexibility index (Phi) is 2.60. The van der Waals surface area contributed by atoms with E-state index in [0.29, 0.717) is 6.54 Å². The average Bonchev–Trinajstić information content (AvgIpc) is 2.81. The average molecular weight is 204 g/mol. The number of nitrogens with one attached hydrogen (secondary N) is 1. The number of aromatic nitrogens is 3. The molecule has 0 aliphatic carbocycles. The summed E-state index contributed by atoms with van der Waals surface area (Å²) in [6, 6.07) is 2.03. The van der Waals surface area contributed by atoms with Crippen LogP contribution in [0, 0.1) is 6.92 Å². The lowest BCUT2D eigenvalue weighted by molar-refractivity contribution is 0.778. The first-order chi connectivity index (χ1) is 7.24. The van der Waals surface area contributed by atoms with E-state index in [1.807, 2.05) is 32.4 Å². The van der Waals surface area contributed by atoms with Crippen LogP contribution < -0.4 is 5.73 Å². The van der Waals surface area contributed by atoms with Crippen LogP contribution in [0.5, 0.6) is 0 Å². The molecule has 0 aliphatic rings. The molecule has 0 bridgehead atoms. The topological polar surface area (TPSA) is 59.6 Å². The van der Waals surface area contributed by atoms with Gasteiger partial charge < -0.3 is 15.3 Å². The summed E-state index contributed by atoms with van der Waals surface area (Å²) in [7, 11) is 2.03. The van der Waals surface area contributed by atoms with E-state index in [2.05, 4.69) is 14.5 Å². The minimum atomic E-state index is 0.649. The van der Waals surface area contributed by atoms with Crippen molar-refractivity contribution in [1.29, 1.82) is 0 Å². The second-order valence-corrected chi connectivity index (χ2v) is 3.65. The van der Waals surface area contributed by atoms with Gasteiger partial charge in [-0.25, -0.2) is 4.98 Å². The molecule has 4 heteroatoms. The molecule has 0 saturated heterocycles. The molecule has 0 atom stereocenters. The van der Waals surface area contributed by atoms with Crippen molar-refractivity contribution >= 4 is 0 Å². The SMILES string of the molecule is Cc1nc(-c2cc[nH]c2)c(CCN)n1C. The lowest BCUT2D eigenvalue weighted by Gasteiger charge is -2.03. The summed E-state index contributed by atoms with van der Waals surface area (Å²) < 4.78 is 2.11. The minimum absolute atomic E-state index is 0.649. The molecule has 2 heterocycles. The van der Waals surface area contributed by atoms with Crippen molar-refractivity contribution in [2.75, 3.05) is 6.54 Å². The van der Waals surface area contributed by atoms with Crippen molar-refractivity contribution in [2.24, 2.45) is 12.8 Å². The third-order valence-corrected chi connectivity index (χ3v) is 2.69. The molecular weight excluding hydrogens is 188 g/mol. The van der Waals surface area contributed by atoms with Crippen LogP contribution in [0.4, 0.5) is 0 Å². The smallest absolute Gasteiger partial charge is 0.106 e. The molecule has 0 radical (unpaired) electrons. The summed E-state index contributed by atoms with van der Waals surface area (Å²) in [5, 5.41) is 0. The molecule has 0 amide bonds. The number of imidazole rings is 1. The molecule has 4 nitrogen and oxygen atoms in total. The Morgan fingerprint density at radius 1 is 1.53 bits per heavy atom. The second kappa shape index (κ2) is 3.90. The third kappa shape index (κ3) is 1.68. The molecule has 15 heavy (non-hydrogen) atoms. The Hall–Kier alpha value is -1.55. The van der Waals surface area contributed by atoms with Crippen LogP contribution in [0.1, 0.15) is 11.5 Å². The lowest BCUT2D eigenvalue weighted by atomic mass is 10.1. The molecule has 2 aromatic heterocycles. The summed E-state index contributed by atoms with van der Waals surface area (Å²) in [5.74, 6) is 1.02. The van der Waals surface area contributed by atoms with Gasteiger partial charge in [0.25, 0.3) is 0 Å². The first kappa shape index (κ1) is 9.98. The minimum Gasteiger partial charge on any atom is -0.367 e. The summed E-state index contributed by atoms with van der Waals surface area (Å²) in [6.07, 6.45) is 4.73. The van der Waals surface area contributed by atoms with Crippen LogP contribution in [0.25, 0.3) is 11.3 Å². The first-order valence-corrected chi connectivity index (χ1v) is 5.09. The van der Waals surface area contributed by atoms with Gasteiger partial charge in [-0.05, 0) is 19.5 Å². The second-order valence-electron chi connectivity index (χ2n) is 3.65. The third-order valence-electron chi connectivity index (χ3n) is 2.69. The van der Waals surface area contributed by atoms with E-state index in [1.54, 1.807) is 0 Å². The molecule has 0 unspecified atom stereocenters. The Morgan fingerprint density at radius 3 is 2.93 bits per heavy atom. The summed E-state index contributed by atoms with van der Waals surface area (Å²) in [4.78, 5) is 7.60. The number of H-pyrrole nitrogens is 1. The van der Waals surface area contributed by atoms with Gasteiger partial charge >= 0.3 is 0 Å². The van der Waals surface area contributed by atoms with Crippen molar-refractivity contribution in [3.05, 3.63) is 30.0 Å². The van der Waals surface area contributed by atoms with Gasteiger partial charge in [-0.15, -0.1) is 0 Å². The first-order valence-electron chi connectivity index (χ1n) is 5.09. The molecule has 0 aliphatic heterocycles. The van der Waals surface area contributed by atoms with Crippen LogP contribution in [-0.2, 0) is 13.5 Å². The van der Waals surface area contributed by atoms with Gasteiger partial charge in [-0.2, -0.15) is 0 Å². The number of rotatable bonds is 3. The maximum absolute atomic E-state index is 5.61. The van der Waals surface area contributed by atoms with Gasteiger partial charge in [-0.3, -0.25) is 0 Å². The summed E-state index contributed by atoms with van der Waals surface area (Å²) in [5.41, 5.74) is 8.99. The van der Waals surface area contributed by atoms with Crippen molar-refractivity contribution in [3.63, 3.8) is 0 Å². The maximum atomic E-state index is 5.61. The van der Waals surface area contributed by atoms with E-state index in [-0.39, 0.29) is 0 Å². The van der Waals surface area contributed by atoms with Gasteiger partial charge in [0.15, 0.2) is 0 Å². The Balaban J connectivity index is 2.51. The highest BCUT2D eigenvalue weighted by Crippen LogP contribution is 2.23. The van der Waals surface area contributed by atoms with Gasteiger partial charge in [0.1, 0.15) is 5.82 Å². The van der Waals surface area contributed by atoms with E-state index in [0.717, 1.165) is 23.5 Å².